The summed E-state index contributed by atoms with van der Waals surface area (Å²) in [4.78, 5) is 15.1. The lowest BCUT2D eigenvalue weighted by molar-refractivity contribution is -0.114. The van der Waals surface area contributed by atoms with Gasteiger partial charge in [-0.3, -0.25) is 9.79 Å². The minimum atomic E-state index is -0.333. The van der Waals surface area contributed by atoms with Gasteiger partial charge in [-0.1, -0.05) is 0 Å². The molecule has 0 aliphatic carbocycles. The minimum absolute atomic E-state index is 0.0819. The lowest BCUT2D eigenvalue weighted by Crippen LogP contribution is -2.39. The Kier molecular flexibility index (Phi) is 5.45. The monoisotopic (exact) mass is 185 g/mol. The van der Waals surface area contributed by atoms with Crippen molar-refractivity contribution in [2.75, 3.05) is 20.8 Å². The minimum Gasteiger partial charge on any atom is -0.338 e. The number of hydrogen-bond acceptors (Lipinski definition) is 5. The SMILES string of the molecule is CN=C(C)C(=NNC)C(=O)NCN. The van der Waals surface area contributed by atoms with Gasteiger partial charge in [0.1, 0.15) is 0 Å². The van der Waals surface area contributed by atoms with Crippen LogP contribution in [0.15, 0.2) is 10.1 Å². The van der Waals surface area contributed by atoms with Crippen molar-refractivity contribution in [2.24, 2.45) is 15.8 Å². The highest BCUT2D eigenvalue weighted by Gasteiger charge is 2.12. The molecule has 6 heteroatoms. The van der Waals surface area contributed by atoms with Crippen LogP contribution in [0.4, 0.5) is 0 Å². The van der Waals surface area contributed by atoms with E-state index in [4.69, 9.17) is 5.73 Å². The number of rotatable bonds is 4. The maximum absolute atomic E-state index is 11.3. The zero-order chi connectivity index (χ0) is 10.3. The Morgan fingerprint density at radius 2 is 2.15 bits per heavy atom. The summed E-state index contributed by atoms with van der Waals surface area (Å²) in [6.45, 7) is 1.78. The van der Waals surface area contributed by atoms with Crippen molar-refractivity contribution < 1.29 is 4.79 Å². The fourth-order valence-electron chi connectivity index (χ4n) is 0.690. The van der Waals surface area contributed by atoms with Crippen LogP contribution in [0.3, 0.4) is 0 Å². The molecule has 0 radical (unpaired) electrons. The highest BCUT2D eigenvalue weighted by Crippen LogP contribution is 1.83. The van der Waals surface area contributed by atoms with E-state index in [1.54, 1.807) is 21.0 Å². The number of carbonyl (C=O) groups is 1. The summed E-state index contributed by atoms with van der Waals surface area (Å²) in [7, 11) is 3.20. The molecule has 0 heterocycles. The van der Waals surface area contributed by atoms with Crippen LogP contribution in [0.1, 0.15) is 6.92 Å². The van der Waals surface area contributed by atoms with Crippen LogP contribution in [0.25, 0.3) is 0 Å². The summed E-state index contributed by atoms with van der Waals surface area (Å²) in [5, 5.41) is 6.21. The second-order valence-corrected chi connectivity index (χ2v) is 2.20. The first-order chi connectivity index (χ1) is 6.17. The molecule has 0 saturated carbocycles. The van der Waals surface area contributed by atoms with E-state index in [-0.39, 0.29) is 18.3 Å². The summed E-state index contributed by atoms with van der Waals surface area (Å²) >= 11 is 0. The van der Waals surface area contributed by atoms with Crippen molar-refractivity contribution in [3.63, 3.8) is 0 Å². The van der Waals surface area contributed by atoms with Crippen LogP contribution < -0.4 is 16.5 Å². The Bertz CT molecular complexity index is 233. The molecule has 0 fully saturated rings. The summed E-state index contributed by atoms with van der Waals surface area (Å²) in [6, 6.07) is 0. The second-order valence-electron chi connectivity index (χ2n) is 2.20. The Hall–Kier alpha value is -1.43. The van der Waals surface area contributed by atoms with Crippen LogP contribution in [-0.2, 0) is 4.79 Å². The van der Waals surface area contributed by atoms with E-state index in [2.05, 4.69) is 20.8 Å². The van der Waals surface area contributed by atoms with Gasteiger partial charge in [-0.15, -0.1) is 0 Å². The number of nitrogens with two attached hydrogens (primary N) is 1. The van der Waals surface area contributed by atoms with Gasteiger partial charge in [0.2, 0.25) is 0 Å². The molecular weight excluding hydrogens is 170 g/mol. The fourth-order valence-corrected chi connectivity index (χ4v) is 0.690. The van der Waals surface area contributed by atoms with Crippen LogP contribution in [0.5, 0.6) is 0 Å². The van der Waals surface area contributed by atoms with Gasteiger partial charge in [0.15, 0.2) is 5.71 Å². The number of hydrogen-bond donors (Lipinski definition) is 3. The van der Waals surface area contributed by atoms with Crippen molar-refractivity contribution in [3.8, 4) is 0 Å². The molecule has 13 heavy (non-hydrogen) atoms. The number of hydrazone groups is 1. The van der Waals surface area contributed by atoms with Crippen LogP contribution in [-0.4, -0.2) is 38.1 Å². The van der Waals surface area contributed by atoms with E-state index < -0.39 is 0 Å². The van der Waals surface area contributed by atoms with Gasteiger partial charge < -0.3 is 16.5 Å². The van der Waals surface area contributed by atoms with Crippen molar-refractivity contribution >= 4 is 17.3 Å². The molecule has 0 rings (SSSR count). The highest BCUT2D eigenvalue weighted by atomic mass is 16.2. The molecule has 6 nitrogen and oxygen atoms in total. The maximum Gasteiger partial charge on any atom is 0.274 e. The molecule has 4 N–H and O–H groups in total. The molecule has 0 aromatic carbocycles. The van der Waals surface area contributed by atoms with E-state index >= 15 is 0 Å². The summed E-state index contributed by atoms with van der Waals surface area (Å²) < 4.78 is 0. The lowest BCUT2D eigenvalue weighted by Gasteiger charge is -2.04. The average molecular weight is 185 g/mol. The normalized spacial score (nSPS) is 12.6. The molecule has 1 amide bonds. The topological polar surface area (TPSA) is 91.9 Å². The van der Waals surface area contributed by atoms with Gasteiger partial charge in [0.05, 0.1) is 12.4 Å². The molecule has 0 aliphatic rings. The fraction of sp³-hybridized carbons (Fsp3) is 0.571. The third-order valence-electron chi connectivity index (χ3n) is 1.38. The number of nitrogens with one attached hydrogen (secondary N) is 2. The summed E-state index contributed by atoms with van der Waals surface area (Å²) in [5.41, 5.74) is 8.49. The highest BCUT2D eigenvalue weighted by molar-refractivity contribution is 6.66. The quantitative estimate of drug-likeness (QED) is 0.288. The van der Waals surface area contributed by atoms with E-state index in [9.17, 15) is 4.79 Å². The smallest absolute Gasteiger partial charge is 0.274 e. The Labute approximate surface area is 77.3 Å². The molecular formula is C7H15N5O. The Morgan fingerprint density at radius 3 is 2.54 bits per heavy atom. The third kappa shape index (κ3) is 3.66. The van der Waals surface area contributed by atoms with Gasteiger partial charge in [-0.05, 0) is 6.92 Å². The third-order valence-corrected chi connectivity index (χ3v) is 1.38. The molecule has 0 aromatic rings. The number of nitrogens with zero attached hydrogens (tertiary/aromatic N) is 2. The molecule has 0 atom stereocenters. The van der Waals surface area contributed by atoms with Crippen LogP contribution in [0, 0.1) is 0 Å². The lowest BCUT2D eigenvalue weighted by atomic mass is 10.2. The molecule has 0 unspecified atom stereocenters. The van der Waals surface area contributed by atoms with Crippen LogP contribution in [0.2, 0.25) is 0 Å². The first-order valence-corrected chi connectivity index (χ1v) is 3.83. The summed E-state index contributed by atoms with van der Waals surface area (Å²) in [6.07, 6.45) is 0. The Balaban J connectivity index is 4.62. The van der Waals surface area contributed by atoms with Gasteiger partial charge in [0, 0.05) is 14.1 Å². The molecule has 74 valence electrons. The number of aliphatic imine (C=N–C) groups is 1. The average Bonchev–Trinajstić information content (AvgIpc) is 2.13. The maximum atomic E-state index is 11.3. The molecule has 0 bridgehead atoms. The predicted molar refractivity (Wildman–Crippen MR) is 52.7 cm³/mol. The largest absolute Gasteiger partial charge is 0.338 e. The van der Waals surface area contributed by atoms with Crippen molar-refractivity contribution in [1.29, 1.82) is 0 Å². The zero-order valence-corrected chi connectivity index (χ0v) is 8.09. The molecule has 0 aromatic heterocycles. The first-order valence-electron chi connectivity index (χ1n) is 3.83. The van der Waals surface area contributed by atoms with Crippen molar-refractivity contribution in [1.82, 2.24) is 10.7 Å². The second kappa shape index (κ2) is 6.13. The standard InChI is InChI=1S/C7H15N5O/c1-5(9-2)6(12-10-3)7(13)11-4-8/h10H,4,8H2,1-3H3,(H,11,13). The molecule has 0 aliphatic heterocycles. The van der Waals surface area contributed by atoms with Crippen molar-refractivity contribution in [3.05, 3.63) is 0 Å². The van der Waals surface area contributed by atoms with Gasteiger partial charge in [-0.2, -0.15) is 5.10 Å². The predicted octanol–water partition coefficient (Wildman–Crippen LogP) is -1.32. The van der Waals surface area contributed by atoms with Gasteiger partial charge in [-0.25, -0.2) is 0 Å². The number of amides is 1. The van der Waals surface area contributed by atoms with Crippen molar-refractivity contribution in [2.45, 2.75) is 6.92 Å². The zero-order valence-electron chi connectivity index (χ0n) is 8.09. The van der Waals surface area contributed by atoms with E-state index in [0.29, 0.717) is 5.71 Å². The molecule has 0 spiro atoms. The molecule has 0 saturated heterocycles. The van der Waals surface area contributed by atoms with Gasteiger partial charge >= 0.3 is 0 Å². The van der Waals surface area contributed by atoms with E-state index in [1.165, 1.54) is 0 Å². The van der Waals surface area contributed by atoms with E-state index in [0.717, 1.165) is 0 Å². The first kappa shape index (κ1) is 11.6. The van der Waals surface area contributed by atoms with Crippen LogP contribution >= 0.6 is 0 Å². The summed E-state index contributed by atoms with van der Waals surface area (Å²) in [5.74, 6) is -0.333. The Morgan fingerprint density at radius 1 is 1.54 bits per heavy atom. The van der Waals surface area contributed by atoms with Gasteiger partial charge in [0.25, 0.3) is 5.91 Å². The number of carbonyl (C=O) groups excluding carboxylic acids is 1. The van der Waals surface area contributed by atoms with E-state index in [1.807, 2.05) is 0 Å².